The Labute approximate surface area is 107 Å². The van der Waals surface area contributed by atoms with Gasteiger partial charge in [0, 0.05) is 11.5 Å². The molecule has 0 N–H and O–H groups in total. The first kappa shape index (κ1) is 14.5. The number of hydrogen-bond donors (Lipinski definition) is 0. The van der Waals surface area contributed by atoms with Crippen LogP contribution >= 0.6 is 0 Å². The summed E-state index contributed by atoms with van der Waals surface area (Å²) in [6.45, 7) is 4.12. The summed E-state index contributed by atoms with van der Waals surface area (Å²) in [4.78, 5) is 2.59. The number of nitrogens with zero attached hydrogens (tertiary/aromatic N) is 3. The number of benzene rings is 1. The van der Waals surface area contributed by atoms with Crippen LogP contribution in [0.1, 0.15) is 23.1 Å². The zero-order chi connectivity index (χ0) is 13.6. The second kappa shape index (κ2) is 6.42. The van der Waals surface area contributed by atoms with E-state index >= 15 is 0 Å². The van der Waals surface area contributed by atoms with Gasteiger partial charge in [0.2, 0.25) is 0 Å². The predicted octanol–water partition coefficient (Wildman–Crippen LogP) is 2.92. The van der Waals surface area contributed by atoms with Gasteiger partial charge in [0.25, 0.3) is 0 Å². The summed E-state index contributed by atoms with van der Waals surface area (Å²) in [7, 11) is -3.13. The predicted molar refractivity (Wildman–Crippen MR) is 72.0 cm³/mol. The van der Waals surface area contributed by atoms with Crippen LogP contribution in [0.3, 0.4) is 0 Å². The zero-order valence-electron chi connectivity index (χ0n) is 10.6. The highest BCUT2D eigenvalue weighted by atomic mass is 32.2. The Bertz CT molecular complexity index is 540. The molecule has 0 atom stereocenters. The lowest BCUT2D eigenvalue weighted by Gasteiger charge is -2.06. The third-order valence-corrected chi connectivity index (χ3v) is 4.13. The second-order valence-electron chi connectivity index (χ2n) is 4.40. The molecule has 5 nitrogen and oxygen atoms in total. The van der Waals surface area contributed by atoms with Gasteiger partial charge in [-0.1, -0.05) is 34.4 Å². The van der Waals surface area contributed by atoms with Crippen LogP contribution in [0.4, 0.5) is 0 Å². The molecule has 1 aromatic rings. The van der Waals surface area contributed by atoms with Crippen molar-refractivity contribution in [2.24, 2.45) is 5.11 Å². The molecule has 18 heavy (non-hydrogen) atoms. The second-order valence-corrected chi connectivity index (χ2v) is 6.58. The summed E-state index contributed by atoms with van der Waals surface area (Å²) in [6.07, 6.45) is 0.372. The van der Waals surface area contributed by atoms with E-state index in [4.69, 9.17) is 5.53 Å². The fourth-order valence-electron chi connectivity index (χ4n) is 1.88. The Hall–Kier alpha value is -1.52. The number of azide groups is 1. The van der Waals surface area contributed by atoms with Crippen molar-refractivity contribution in [1.82, 2.24) is 0 Å². The lowest BCUT2D eigenvalue weighted by molar-refractivity contribution is 0.593. The van der Waals surface area contributed by atoms with Crippen molar-refractivity contribution >= 4 is 9.84 Å². The Morgan fingerprint density at radius 3 is 2.39 bits per heavy atom. The molecule has 1 rings (SSSR count). The molecule has 0 spiro atoms. The van der Waals surface area contributed by atoms with Gasteiger partial charge in [-0.15, -0.1) is 0 Å². The van der Waals surface area contributed by atoms with Gasteiger partial charge in [-0.2, -0.15) is 0 Å². The molecule has 0 bridgehead atoms. The van der Waals surface area contributed by atoms with Gasteiger partial charge >= 0.3 is 0 Å². The largest absolute Gasteiger partial charge is 0.228 e. The number of aryl methyl sites for hydroxylation is 2. The van der Waals surface area contributed by atoms with Crippen LogP contribution in [0.25, 0.3) is 10.4 Å². The molecule has 0 amide bonds. The van der Waals surface area contributed by atoms with E-state index in [1.807, 2.05) is 32.0 Å². The first-order valence-electron chi connectivity index (χ1n) is 5.71. The molecule has 0 saturated heterocycles. The summed E-state index contributed by atoms with van der Waals surface area (Å²) in [5, 5.41) is 3.33. The van der Waals surface area contributed by atoms with Crippen LogP contribution in [0, 0.1) is 13.8 Å². The van der Waals surface area contributed by atoms with E-state index in [0.29, 0.717) is 6.42 Å². The quantitative estimate of drug-likeness (QED) is 0.343. The molecule has 0 aliphatic heterocycles. The fraction of sp³-hybridized carbons (Fsp3) is 0.500. The minimum Gasteiger partial charge on any atom is -0.228 e. The lowest BCUT2D eigenvalue weighted by Crippen LogP contribution is -2.10. The smallest absolute Gasteiger partial charge is 0.154 e. The van der Waals surface area contributed by atoms with Crippen LogP contribution in [-0.4, -0.2) is 20.7 Å². The molecule has 0 saturated carbocycles. The molecule has 0 aliphatic carbocycles. The average Bonchev–Trinajstić information content (AvgIpc) is 2.22. The molecule has 0 aliphatic rings. The van der Waals surface area contributed by atoms with Gasteiger partial charge < -0.3 is 0 Å². The lowest BCUT2D eigenvalue weighted by atomic mass is 10.1. The van der Waals surface area contributed by atoms with E-state index in [1.54, 1.807) is 0 Å². The normalized spacial score (nSPS) is 11.0. The third kappa shape index (κ3) is 5.21. The molecule has 0 unspecified atom stereocenters. The molecule has 0 heterocycles. The SMILES string of the molecule is Cc1cc(C)cc(CS(=O)(=O)CCCN=[N+]=[N-])c1. The van der Waals surface area contributed by atoms with E-state index in [9.17, 15) is 8.42 Å². The van der Waals surface area contributed by atoms with Gasteiger partial charge in [0.1, 0.15) is 0 Å². The molecule has 0 radical (unpaired) electrons. The minimum atomic E-state index is -3.13. The number of rotatable bonds is 6. The monoisotopic (exact) mass is 267 g/mol. The van der Waals surface area contributed by atoms with Crippen molar-refractivity contribution in [3.8, 4) is 0 Å². The van der Waals surface area contributed by atoms with E-state index in [0.717, 1.165) is 16.7 Å². The summed E-state index contributed by atoms with van der Waals surface area (Å²) in [5.41, 5.74) is 11.0. The van der Waals surface area contributed by atoms with Crippen LogP contribution in [0.5, 0.6) is 0 Å². The maximum Gasteiger partial charge on any atom is 0.154 e. The number of sulfone groups is 1. The van der Waals surface area contributed by atoms with Gasteiger partial charge in [-0.3, -0.25) is 0 Å². The van der Waals surface area contributed by atoms with Gasteiger partial charge in [0.05, 0.1) is 11.5 Å². The Morgan fingerprint density at radius 2 is 1.83 bits per heavy atom. The molecule has 6 heteroatoms. The van der Waals surface area contributed by atoms with Crippen molar-refractivity contribution < 1.29 is 8.42 Å². The minimum absolute atomic E-state index is 0.0474. The van der Waals surface area contributed by atoms with Crippen molar-refractivity contribution in [1.29, 1.82) is 0 Å². The molecular weight excluding hydrogens is 250 g/mol. The van der Waals surface area contributed by atoms with Crippen LogP contribution < -0.4 is 0 Å². The van der Waals surface area contributed by atoms with E-state index in [-0.39, 0.29) is 18.1 Å². The topological polar surface area (TPSA) is 82.9 Å². The van der Waals surface area contributed by atoms with Crippen molar-refractivity contribution in [3.05, 3.63) is 45.3 Å². The molecule has 0 aromatic heterocycles. The van der Waals surface area contributed by atoms with Gasteiger partial charge in [-0.25, -0.2) is 8.42 Å². The Balaban J connectivity index is 2.67. The van der Waals surface area contributed by atoms with Crippen LogP contribution in [-0.2, 0) is 15.6 Å². The van der Waals surface area contributed by atoms with E-state index in [1.165, 1.54) is 0 Å². The summed E-state index contributed by atoms with van der Waals surface area (Å²) >= 11 is 0. The molecule has 0 fully saturated rings. The Morgan fingerprint density at radius 1 is 1.22 bits per heavy atom. The Kier molecular flexibility index (Phi) is 5.19. The van der Waals surface area contributed by atoms with Crippen molar-refractivity contribution in [3.63, 3.8) is 0 Å². The maximum absolute atomic E-state index is 11.9. The van der Waals surface area contributed by atoms with Crippen LogP contribution in [0.15, 0.2) is 23.3 Å². The molecular formula is C12H17N3O2S. The average molecular weight is 267 g/mol. The zero-order valence-corrected chi connectivity index (χ0v) is 11.4. The summed E-state index contributed by atoms with van der Waals surface area (Å²) in [6, 6.07) is 5.79. The van der Waals surface area contributed by atoms with E-state index in [2.05, 4.69) is 10.0 Å². The molecule has 1 aromatic carbocycles. The third-order valence-electron chi connectivity index (χ3n) is 2.44. The summed E-state index contributed by atoms with van der Waals surface area (Å²) < 4.78 is 23.7. The highest BCUT2D eigenvalue weighted by Crippen LogP contribution is 2.13. The van der Waals surface area contributed by atoms with Crippen molar-refractivity contribution in [2.75, 3.05) is 12.3 Å². The summed E-state index contributed by atoms with van der Waals surface area (Å²) in [5.74, 6) is 0.102. The van der Waals surface area contributed by atoms with Crippen LogP contribution in [0.2, 0.25) is 0 Å². The highest BCUT2D eigenvalue weighted by molar-refractivity contribution is 7.90. The van der Waals surface area contributed by atoms with Gasteiger partial charge in [-0.05, 0) is 31.4 Å². The fourth-order valence-corrected chi connectivity index (χ4v) is 3.27. The first-order chi connectivity index (χ1) is 8.43. The van der Waals surface area contributed by atoms with Crippen molar-refractivity contribution in [2.45, 2.75) is 26.0 Å². The molecule has 98 valence electrons. The standard InChI is InChI=1S/C12H17N3O2S/c1-10-6-11(2)8-12(7-10)9-18(16,17)5-3-4-14-15-13/h6-8H,3-5,9H2,1-2H3. The maximum atomic E-state index is 11.9. The highest BCUT2D eigenvalue weighted by Gasteiger charge is 2.11. The van der Waals surface area contributed by atoms with Gasteiger partial charge in [0.15, 0.2) is 9.84 Å². The number of hydrogen-bond acceptors (Lipinski definition) is 3. The first-order valence-corrected chi connectivity index (χ1v) is 7.53. The van der Waals surface area contributed by atoms with E-state index < -0.39 is 9.84 Å².